The third-order valence-corrected chi connectivity index (χ3v) is 2.70. The summed E-state index contributed by atoms with van der Waals surface area (Å²) >= 11 is 0. The number of cyclic esters (lactones) is 4. The molecular formula is C13H10O6. The van der Waals surface area contributed by atoms with Crippen molar-refractivity contribution in [2.75, 3.05) is 0 Å². The molecule has 0 unspecified atom stereocenters. The van der Waals surface area contributed by atoms with Crippen LogP contribution < -0.4 is 0 Å². The van der Waals surface area contributed by atoms with Gasteiger partial charge in [0.15, 0.2) is 0 Å². The number of esters is 4. The minimum absolute atomic E-state index is 0.00602. The molecule has 0 radical (unpaired) electrons. The number of ether oxygens (including phenoxy) is 2. The van der Waals surface area contributed by atoms with Gasteiger partial charge in [-0.3, -0.25) is 0 Å². The molecule has 98 valence electrons. The Hall–Kier alpha value is -2.50. The van der Waals surface area contributed by atoms with Crippen LogP contribution in [0.2, 0.25) is 0 Å². The fraction of sp³-hybridized carbons (Fsp3) is 0.231. The number of allylic oxidation sites excluding steroid dienone is 2. The number of hydrogen-bond acceptors (Lipinski definition) is 6. The first kappa shape index (κ1) is 12.9. The van der Waals surface area contributed by atoms with Crippen molar-refractivity contribution in [2.45, 2.75) is 20.3 Å². The van der Waals surface area contributed by atoms with Gasteiger partial charge in [0.05, 0.1) is 22.3 Å². The van der Waals surface area contributed by atoms with E-state index >= 15 is 0 Å². The Morgan fingerprint density at radius 2 is 1.32 bits per heavy atom. The Labute approximate surface area is 108 Å². The van der Waals surface area contributed by atoms with Crippen molar-refractivity contribution in [1.82, 2.24) is 0 Å². The summed E-state index contributed by atoms with van der Waals surface area (Å²) in [5.74, 6) is -3.54. The molecule has 6 heteroatoms. The van der Waals surface area contributed by atoms with Crippen LogP contribution in [0.1, 0.15) is 20.3 Å². The lowest BCUT2D eigenvalue weighted by Crippen LogP contribution is -2.06. The predicted molar refractivity (Wildman–Crippen MR) is 61.4 cm³/mol. The third kappa shape index (κ3) is 1.91. The van der Waals surface area contributed by atoms with E-state index in [4.69, 9.17) is 0 Å². The molecular weight excluding hydrogens is 252 g/mol. The summed E-state index contributed by atoms with van der Waals surface area (Å²) in [7, 11) is 0. The van der Waals surface area contributed by atoms with E-state index < -0.39 is 23.9 Å². The topological polar surface area (TPSA) is 86.7 Å². The van der Waals surface area contributed by atoms with E-state index in [0.717, 1.165) is 0 Å². The average molecular weight is 262 g/mol. The van der Waals surface area contributed by atoms with Gasteiger partial charge in [-0.05, 0) is 13.3 Å². The van der Waals surface area contributed by atoms with Crippen molar-refractivity contribution in [1.29, 1.82) is 0 Å². The molecule has 0 spiro atoms. The second-order valence-electron chi connectivity index (χ2n) is 3.83. The van der Waals surface area contributed by atoms with Crippen molar-refractivity contribution < 1.29 is 28.7 Å². The maximum Gasteiger partial charge on any atom is 0.347 e. The van der Waals surface area contributed by atoms with Gasteiger partial charge in [0.25, 0.3) is 0 Å². The van der Waals surface area contributed by atoms with E-state index in [2.05, 4.69) is 9.47 Å². The molecule has 0 amide bonds. The van der Waals surface area contributed by atoms with Crippen LogP contribution in [0.15, 0.2) is 34.4 Å². The second kappa shape index (κ2) is 4.64. The van der Waals surface area contributed by atoms with Crippen molar-refractivity contribution in [3.05, 3.63) is 34.4 Å². The Bertz CT molecular complexity index is 603. The van der Waals surface area contributed by atoms with Crippen LogP contribution in [0.25, 0.3) is 0 Å². The fourth-order valence-electron chi connectivity index (χ4n) is 1.93. The van der Waals surface area contributed by atoms with Crippen LogP contribution in [0.5, 0.6) is 0 Å². The van der Waals surface area contributed by atoms with Gasteiger partial charge in [-0.25, -0.2) is 19.2 Å². The molecule has 2 heterocycles. The monoisotopic (exact) mass is 262 g/mol. The lowest BCUT2D eigenvalue weighted by atomic mass is 9.96. The van der Waals surface area contributed by atoms with Crippen molar-refractivity contribution in [3.8, 4) is 0 Å². The minimum Gasteiger partial charge on any atom is -0.386 e. The van der Waals surface area contributed by atoms with Crippen LogP contribution >= 0.6 is 0 Å². The number of carbonyl (C=O) groups is 4. The first-order chi connectivity index (χ1) is 9.01. The summed E-state index contributed by atoms with van der Waals surface area (Å²) in [6.07, 6.45) is 3.30. The van der Waals surface area contributed by atoms with Crippen molar-refractivity contribution >= 4 is 23.9 Å². The van der Waals surface area contributed by atoms with E-state index in [1.807, 2.05) is 0 Å². The Morgan fingerprint density at radius 1 is 0.842 bits per heavy atom. The molecule has 2 aliphatic rings. The summed E-state index contributed by atoms with van der Waals surface area (Å²) in [5.41, 5.74) is -0.444. The van der Waals surface area contributed by atoms with E-state index in [-0.39, 0.29) is 22.3 Å². The quantitative estimate of drug-likeness (QED) is 0.393. The number of carbonyl (C=O) groups excluding carboxylic acids is 4. The summed E-state index contributed by atoms with van der Waals surface area (Å²) < 4.78 is 8.93. The van der Waals surface area contributed by atoms with Crippen LogP contribution in [0, 0.1) is 0 Å². The molecule has 0 aliphatic carbocycles. The molecule has 0 N–H and O–H groups in total. The Morgan fingerprint density at radius 3 is 1.79 bits per heavy atom. The molecule has 0 atom stereocenters. The SMILES string of the molecule is C/C=C1/C(=O)OC(=O)/C1=C1\C(=O)OC(=O)\C1=C\CC. The summed E-state index contributed by atoms with van der Waals surface area (Å²) in [4.78, 5) is 46.3. The summed E-state index contributed by atoms with van der Waals surface area (Å²) in [5, 5.41) is 0. The molecule has 0 bridgehead atoms. The maximum absolute atomic E-state index is 11.7. The smallest absolute Gasteiger partial charge is 0.347 e. The van der Waals surface area contributed by atoms with Crippen molar-refractivity contribution in [2.24, 2.45) is 0 Å². The van der Waals surface area contributed by atoms with Crippen LogP contribution in [0.3, 0.4) is 0 Å². The number of rotatable bonds is 1. The first-order valence-corrected chi connectivity index (χ1v) is 5.65. The van der Waals surface area contributed by atoms with Gasteiger partial charge >= 0.3 is 23.9 Å². The Kier molecular flexibility index (Phi) is 3.16. The molecule has 2 saturated heterocycles. The van der Waals surface area contributed by atoms with E-state index in [0.29, 0.717) is 6.42 Å². The Balaban J connectivity index is 2.72. The summed E-state index contributed by atoms with van der Waals surface area (Å²) in [6.45, 7) is 3.29. The third-order valence-electron chi connectivity index (χ3n) is 2.70. The maximum atomic E-state index is 11.7. The molecule has 2 aliphatic heterocycles. The molecule has 2 fully saturated rings. The molecule has 0 saturated carbocycles. The standard InChI is InChI=1S/C13H10O6/c1-3-5-7-9(13(17)19-11(7)15)8-6(4-2)10(14)18-12(8)16/h4-5H,3H2,1-2H3/b6-4+,7-5+,9-8-. The van der Waals surface area contributed by atoms with Gasteiger partial charge in [0.2, 0.25) is 0 Å². The van der Waals surface area contributed by atoms with Gasteiger partial charge in [-0.1, -0.05) is 19.1 Å². The highest BCUT2D eigenvalue weighted by atomic mass is 16.6. The molecule has 0 aromatic carbocycles. The largest absolute Gasteiger partial charge is 0.386 e. The van der Waals surface area contributed by atoms with Gasteiger partial charge in [-0.15, -0.1) is 0 Å². The number of hydrogen-bond donors (Lipinski definition) is 0. The molecule has 0 aromatic heterocycles. The molecule has 0 aromatic rings. The molecule has 19 heavy (non-hydrogen) atoms. The molecule has 6 nitrogen and oxygen atoms in total. The fourth-order valence-corrected chi connectivity index (χ4v) is 1.93. The highest BCUT2D eigenvalue weighted by molar-refractivity contribution is 6.27. The van der Waals surface area contributed by atoms with Gasteiger partial charge in [0, 0.05) is 0 Å². The zero-order chi connectivity index (χ0) is 14.2. The second-order valence-corrected chi connectivity index (χ2v) is 3.83. The van der Waals surface area contributed by atoms with Gasteiger partial charge < -0.3 is 9.47 Å². The average Bonchev–Trinajstić information content (AvgIpc) is 2.77. The van der Waals surface area contributed by atoms with Crippen LogP contribution in [0.4, 0.5) is 0 Å². The van der Waals surface area contributed by atoms with Crippen molar-refractivity contribution in [3.63, 3.8) is 0 Å². The molecule has 2 rings (SSSR count). The van der Waals surface area contributed by atoms with Crippen LogP contribution in [-0.4, -0.2) is 23.9 Å². The highest BCUT2D eigenvalue weighted by Gasteiger charge is 2.44. The zero-order valence-electron chi connectivity index (χ0n) is 10.3. The zero-order valence-corrected chi connectivity index (χ0v) is 10.3. The van der Waals surface area contributed by atoms with E-state index in [9.17, 15) is 19.2 Å². The lowest BCUT2D eigenvalue weighted by molar-refractivity contribution is -0.152. The minimum atomic E-state index is -0.943. The summed E-state index contributed by atoms with van der Waals surface area (Å²) in [6, 6.07) is 0. The highest BCUT2D eigenvalue weighted by Crippen LogP contribution is 2.33. The van der Waals surface area contributed by atoms with E-state index in [1.165, 1.54) is 19.1 Å². The van der Waals surface area contributed by atoms with Crippen LogP contribution in [-0.2, 0) is 28.7 Å². The lowest BCUT2D eigenvalue weighted by Gasteiger charge is -1.98. The normalized spacial score (nSPS) is 27.5. The predicted octanol–water partition coefficient (Wildman–Crippen LogP) is 0.732. The van der Waals surface area contributed by atoms with Gasteiger partial charge in [0.1, 0.15) is 0 Å². The van der Waals surface area contributed by atoms with E-state index in [1.54, 1.807) is 6.92 Å². The first-order valence-electron chi connectivity index (χ1n) is 5.65. The van der Waals surface area contributed by atoms with Gasteiger partial charge in [-0.2, -0.15) is 0 Å².